The van der Waals surface area contributed by atoms with Crippen molar-refractivity contribution in [1.82, 2.24) is 9.88 Å². The molecule has 0 radical (unpaired) electrons. The minimum atomic E-state index is -0.317. The first kappa shape index (κ1) is 17.9. The average Bonchev–Trinajstić information content (AvgIpc) is 3.09. The van der Waals surface area contributed by atoms with Crippen LogP contribution >= 0.6 is 0 Å². The van der Waals surface area contributed by atoms with Crippen molar-refractivity contribution in [1.29, 1.82) is 0 Å². The highest BCUT2D eigenvalue weighted by molar-refractivity contribution is 5.89. The highest BCUT2D eigenvalue weighted by Crippen LogP contribution is 2.44. The van der Waals surface area contributed by atoms with Crippen LogP contribution in [0.3, 0.4) is 0 Å². The SMILES string of the molecule is C/C=C1/CN2CCc3c([nH]c4ccccc34)[C@@H]2C[C@H]1/C(=C/OC)C(=O)OC. The Kier molecular flexibility index (Phi) is 4.79. The summed E-state index contributed by atoms with van der Waals surface area (Å²) in [5, 5.41) is 1.32. The van der Waals surface area contributed by atoms with Crippen molar-refractivity contribution < 1.29 is 14.3 Å². The zero-order valence-corrected chi connectivity index (χ0v) is 16.1. The molecule has 2 aliphatic rings. The molecule has 27 heavy (non-hydrogen) atoms. The number of nitrogens with zero attached hydrogens (tertiary/aromatic N) is 1. The van der Waals surface area contributed by atoms with Crippen molar-refractivity contribution in [2.75, 3.05) is 27.3 Å². The van der Waals surface area contributed by atoms with Crippen LogP contribution in [0.2, 0.25) is 0 Å². The third-order valence-corrected chi connectivity index (χ3v) is 5.97. The smallest absolute Gasteiger partial charge is 0.337 e. The van der Waals surface area contributed by atoms with Crippen LogP contribution in [0.15, 0.2) is 47.7 Å². The van der Waals surface area contributed by atoms with E-state index in [4.69, 9.17) is 9.47 Å². The molecule has 5 nitrogen and oxygen atoms in total. The van der Waals surface area contributed by atoms with Crippen molar-refractivity contribution >= 4 is 16.9 Å². The molecular weight excluding hydrogens is 340 g/mol. The second kappa shape index (κ2) is 7.24. The number of fused-ring (bicyclic) bond motifs is 5. The van der Waals surface area contributed by atoms with Gasteiger partial charge in [0.1, 0.15) is 0 Å². The quantitative estimate of drug-likeness (QED) is 0.389. The Labute approximate surface area is 159 Å². The minimum Gasteiger partial charge on any atom is -0.504 e. The summed E-state index contributed by atoms with van der Waals surface area (Å²) in [5.41, 5.74) is 5.75. The Morgan fingerprint density at radius 2 is 2.11 bits per heavy atom. The standard InChI is InChI=1S/C22H26N2O3/c1-4-14-12-24-10-9-16-15-7-5-6-8-19(15)23-21(16)20(24)11-17(14)18(13-26-2)22(25)27-3/h4-8,13,17,20,23H,9-12H2,1-3H3/b14-4-,18-13-/t17-,20+/m1/s1. The van der Waals surface area contributed by atoms with Gasteiger partial charge in [-0.15, -0.1) is 0 Å². The molecule has 5 heteroatoms. The largest absolute Gasteiger partial charge is 0.504 e. The van der Waals surface area contributed by atoms with Crippen LogP contribution in [0, 0.1) is 5.92 Å². The maximum atomic E-state index is 12.4. The number of rotatable bonds is 3. The van der Waals surface area contributed by atoms with Gasteiger partial charge in [0.25, 0.3) is 0 Å². The fraction of sp³-hybridized carbons (Fsp3) is 0.409. The van der Waals surface area contributed by atoms with E-state index >= 15 is 0 Å². The monoisotopic (exact) mass is 366 g/mol. The van der Waals surface area contributed by atoms with E-state index in [0.29, 0.717) is 5.57 Å². The summed E-state index contributed by atoms with van der Waals surface area (Å²) in [6, 6.07) is 8.77. The molecule has 0 spiro atoms. The predicted octanol–water partition coefficient (Wildman–Crippen LogP) is 3.74. The number of benzene rings is 1. The van der Waals surface area contributed by atoms with Gasteiger partial charge in [-0.3, -0.25) is 4.90 Å². The molecule has 0 saturated carbocycles. The second-order valence-corrected chi connectivity index (χ2v) is 7.25. The summed E-state index contributed by atoms with van der Waals surface area (Å²) in [6.07, 6.45) is 5.57. The molecule has 2 aliphatic heterocycles. The molecule has 0 aliphatic carbocycles. The Balaban J connectivity index is 1.75. The molecule has 0 unspecified atom stereocenters. The average molecular weight is 366 g/mol. The van der Waals surface area contributed by atoms with Gasteiger partial charge in [0.15, 0.2) is 0 Å². The molecule has 1 saturated heterocycles. The van der Waals surface area contributed by atoms with Gasteiger partial charge in [-0.2, -0.15) is 0 Å². The number of hydrogen-bond donors (Lipinski definition) is 1. The number of aromatic amines is 1. The first-order valence-corrected chi connectivity index (χ1v) is 9.47. The summed E-state index contributed by atoms with van der Waals surface area (Å²) in [6.45, 7) is 3.94. The number of carbonyl (C=O) groups excluding carboxylic acids is 1. The summed E-state index contributed by atoms with van der Waals surface area (Å²) in [7, 11) is 3.00. The van der Waals surface area contributed by atoms with E-state index in [1.54, 1.807) is 13.4 Å². The van der Waals surface area contributed by atoms with Crippen LogP contribution in [0.25, 0.3) is 10.9 Å². The maximum absolute atomic E-state index is 12.4. The molecule has 1 aromatic heterocycles. The van der Waals surface area contributed by atoms with E-state index in [0.717, 1.165) is 25.9 Å². The maximum Gasteiger partial charge on any atom is 0.337 e. The van der Waals surface area contributed by atoms with Gasteiger partial charge in [0, 0.05) is 35.6 Å². The molecule has 142 valence electrons. The lowest BCUT2D eigenvalue weighted by Crippen LogP contribution is -2.43. The fourth-order valence-corrected chi connectivity index (χ4v) is 4.68. The van der Waals surface area contributed by atoms with Crippen LogP contribution in [0.5, 0.6) is 0 Å². The number of allylic oxidation sites excluding steroid dienone is 1. The number of esters is 1. The third-order valence-electron chi connectivity index (χ3n) is 5.97. The number of ether oxygens (including phenoxy) is 2. The highest BCUT2D eigenvalue weighted by atomic mass is 16.5. The fourth-order valence-electron chi connectivity index (χ4n) is 4.68. The Hall–Kier alpha value is -2.53. The van der Waals surface area contributed by atoms with Crippen LogP contribution in [0.1, 0.15) is 30.6 Å². The number of aromatic nitrogens is 1. The first-order valence-electron chi connectivity index (χ1n) is 9.47. The number of nitrogens with one attached hydrogen (secondary N) is 1. The zero-order chi connectivity index (χ0) is 19.0. The summed E-state index contributed by atoms with van der Waals surface area (Å²) >= 11 is 0. The molecule has 2 aromatic rings. The van der Waals surface area contributed by atoms with Crippen LogP contribution in [0.4, 0.5) is 0 Å². The normalized spacial score (nSPS) is 24.6. The highest BCUT2D eigenvalue weighted by Gasteiger charge is 2.40. The molecule has 2 atom stereocenters. The van der Waals surface area contributed by atoms with E-state index in [1.807, 2.05) is 6.92 Å². The molecule has 1 aromatic carbocycles. The summed E-state index contributed by atoms with van der Waals surface area (Å²) in [5.74, 6) is -0.316. The molecule has 0 bridgehead atoms. The number of methoxy groups -OCH3 is 2. The van der Waals surface area contributed by atoms with Crippen molar-refractivity contribution in [3.63, 3.8) is 0 Å². The van der Waals surface area contributed by atoms with Crippen LogP contribution in [-0.4, -0.2) is 43.2 Å². The van der Waals surface area contributed by atoms with E-state index < -0.39 is 0 Å². The predicted molar refractivity (Wildman–Crippen MR) is 105 cm³/mol. The molecular formula is C22H26N2O3. The first-order chi connectivity index (χ1) is 13.2. The van der Waals surface area contributed by atoms with Gasteiger partial charge < -0.3 is 14.5 Å². The van der Waals surface area contributed by atoms with Gasteiger partial charge in [0.2, 0.25) is 0 Å². The Morgan fingerprint density at radius 3 is 2.85 bits per heavy atom. The lowest BCUT2D eigenvalue weighted by Gasteiger charge is -2.44. The number of carbonyl (C=O) groups is 1. The number of hydrogen-bond acceptors (Lipinski definition) is 4. The molecule has 3 heterocycles. The van der Waals surface area contributed by atoms with E-state index in [-0.39, 0.29) is 17.9 Å². The lowest BCUT2D eigenvalue weighted by atomic mass is 9.78. The van der Waals surface area contributed by atoms with Gasteiger partial charge in [-0.05, 0) is 31.4 Å². The Bertz CT molecular complexity index is 925. The number of para-hydroxylation sites is 1. The molecule has 0 amide bonds. The van der Waals surface area contributed by atoms with Crippen molar-refractivity contribution in [2.45, 2.75) is 25.8 Å². The minimum absolute atomic E-state index is 0.000937. The third kappa shape index (κ3) is 2.96. The van der Waals surface area contributed by atoms with Crippen molar-refractivity contribution in [3.05, 3.63) is 59.0 Å². The van der Waals surface area contributed by atoms with Crippen LogP contribution in [-0.2, 0) is 20.7 Å². The zero-order valence-electron chi connectivity index (χ0n) is 16.1. The Morgan fingerprint density at radius 1 is 1.30 bits per heavy atom. The molecule has 4 rings (SSSR count). The van der Waals surface area contributed by atoms with E-state index in [1.165, 1.54) is 34.8 Å². The topological polar surface area (TPSA) is 54.6 Å². The van der Waals surface area contributed by atoms with Crippen molar-refractivity contribution in [2.24, 2.45) is 5.92 Å². The van der Waals surface area contributed by atoms with Gasteiger partial charge in [0.05, 0.1) is 32.1 Å². The number of piperidine rings is 1. The van der Waals surface area contributed by atoms with Gasteiger partial charge in [-0.1, -0.05) is 29.8 Å². The summed E-state index contributed by atoms with van der Waals surface area (Å²) < 4.78 is 10.2. The van der Waals surface area contributed by atoms with Gasteiger partial charge >= 0.3 is 5.97 Å². The summed E-state index contributed by atoms with van der Waals surface area (Å²) in [4.78, 5) is 18.6. The van der Waals surface area contributed by atoms with E-state index in [9.17, 15) is 4.79 Å². The molecule has 1 fully saturated rings. The second-order valence-electron chi connectivity index (χ2n) is 7.25. The lowest BCUT2D eigenvalue weighted by molar-refractivity contribution is -0.137. The van der Waals surface area contributed by atoms with Crippen molar-refractivity contribution in [3.8, 4) is 0 Å². The van der Waals surface area contributed by atoms with Crippen LogP contribution < -0.4 is 0 Å². The van der Waals surface area contributed by atoms with Gasteiger partial charge in [-0.25, -0.2) is 4.79 Å². The van der Waals surface area contributed by atoms with E-state index in [2.05, 4.69) is 40.2 Å². The molecule has 1 N–H and O–H groups in total. The number of H-pyrrole nitrogens is 1.